The molecule has 1 fully saturated rings. The molecule has 0 saturated carbocycles. The summed E-state index contributed by atoms with van der Waals surface area (Å²) in [6, 6.07) is 11.3. The van der Waals surface area contributed by atoms with Crippen LogP contribution in [-0.2, 0) is 9.53 Å². The molecule has 1 aliphatic heterocycles. The number of para-hydroxylation sites is 2. The predicted octanol–water partition coefficient (Wildman–Crippen LogP) is 4.63. The number of carbonyl (C=O) groups excluding carboxylic acids is 1. The van der Waals surface area contributed by atoms with E-state index in [1.54, 1.807) is 25.3 Å². The first kappa shape index (κ1) is 22.0. The van der Waals surface area contributed by atoms with E-state index in [9.17, 15) is 4.79 Å². The lowest BCUT2D eigenvalue weighted by atomic mass is 10.1. The second-order valence-corrected chi connectivity index (χ2v) is 7.23. The van der Waals surface area contributed by atoms with E-state index >= 15 is 0 Å². The van der Waals surface area contributed by atoms with Crippen LogP contribution in [0.4, 0.5) is 11.4 Å². The van der Waals surface area contributed by atoms with Gasteiger partial charge in [-0.3, -0.25) is 4.79 Å². The van der Waals surface area contributed by atoms with Crippen molar-refractivity contribution in [2.75, 3.05) is 50.2 Å². The summed E-state index contributed by atoms with van der Waals surface area (Å²) in [5.41, 5.74) is 2.51. The molecular formula is C23H27ClN2O4. The molecule has 2 aromatic rings. The zero-order valence-electron chi connectivity index (χ0n) is 17.3. The van der Waals surface area contributed by atoms with Gasteiger partial charge in [0.1, 0.15) is 0 Å². The third kappa shape index (κ3) is 5.68. The van der Waals surface area contributed by atoms with Gasteiger partial charge in [-0.1, -0.05) is 30.7 Å². The Morgan fingerprint density at radius 1 is 1.27 bits per heavy atom. The van der Waals surface area contributed by atoms with Gasteiger partial charge in [-0.05, 0) is 42.3 Å². The largest absolute Gasteiger partial charge is 0.493 e. The number of methoxy groups -OCH3 is 1. The standard InChI is InChI=1S/C23H27ClN2O4/c1-3-12-30-23-18(24)15-17(16-21(23)28-2)8-9-22(27)25-19-6-4-5-7-20(19)26-10-13-29-14-11-26/h4-9,15-16H,3,10-14H2,1-2H3,(H,25,27)/b9-8+. The minimum Gasteiger partial charge on any atom is -0.493 e. The summed E-state index contributed by atoms with van der Waals surface area (Å²) in [6.07, 6.45) is 4.05. The number of nitrogens with one attached hydrogen (secondary N) is 1. The van der Waals surface area contributed by atoms with E-state index in [0.717, 1.165) is 36.4 Å². The molecule has 0 spiro atoms. The zero-order valence-corrected chi connectivity index (χ0v) is 18.1. The monoisotopic (exact) mass is 430 g/mol. The zero-order chi connectivity index (χ0) is 21.3. The molecule has 2 aromatic carbocycles. The number of rotatable bonds is 8. The highest BCUT2D eigenvalue weighted by Crippen LogP contribution is 2.37. The van der Waals surface area contributed by atoms with Crippen molar-refractivity contribution in [3.8, 4) is 11.5 Å². The Bertz CT molecular complexity index is 895. The first-order valence-electron chi connectivity index (χ1n) is 10.0. The molecule has 0 atom stereocenters. The number of amides is 1. The number of morpholine rings is 1. The Morgan fingerprint density at radius 2 is 2.03 bits per heavy atom. The Morgan fingerprint density at radius 3 is 2.77 bits per heavy atom. The fourth-order valence-electron chi connectivity index (χ4n) is 3.19. The average Bonchev–Trinajstić information content (AvgIpc) is 2.77. The van der Waals surface area contributed by atoms with Crippen molar-refractivity contribution in [1.82, 2.24) is 0 Å². The maximum atomic E-state index is 12.5. The summed E-state index contributed by atoms with van der Waals surface area (Å²) in [4.78, 5) is 14.7. The molecule has 30 heavy (non-hydrogen) atoms. The first-order chi connectivity index (χ1) is 14.6. The summed E-state index contributed by atoms with van der Waals surface area (Å²) < 4.78 is 16.5. The summed E-state index contributed by atoms with van der Waals surface area (Å²) >= 11 is 6.35. The number of hydrogen-bond acceptors (Lipinski definition) is 5. The van der Waals surface area contributed by atoms with E-state index in [1.165, 1.54) is 6.08 Å². The van der Waals surface area contributed by atoms with Crippen molar-refractivity contribution in [3.63, 3.8) is 0 Å². The van der Waals surface area contributed by atoms with Crippen LogP contribution in [0.15, 0.2) is 42.5 Å². The van der Waals surface area contributed by atoms with E-state index in [0.29, 0.717) is 36.3 Å². The van der Waals surface area contributed by atoms with Gasteiger partial charge in [-0.2, -0.15) is 0 Å². The van der Waals surface area contributed by atoms with Gasteiger partial charge in [0.25, 0.3) is 0 Å². The maximum absolute atomic E-state index is 12.5. The lowest BCUT2D eigenvalue weighted by Gasteiger charge is -2.30. The van der Waals surface area contributed by atoms with Crippen molar-refractivity contribution in [1.29, 1.82) is 0 Å². The molecule has 0 bridgehead atoms. The number of carbonyl (C=O) groups is 1. The van der Waals surface area contributed by atoms with Gasteiger partial charge >= 0.3 is 0 Å². The van der Waals surface area contributed by atoms with E-state index in [4.69, 9.17) is 25.8 Å². The van der Waals surface area contributed by atoms with Crippen LogP contribution in [0.5, 0.6) is 11.5 Å². The van der Waals surface area contributed by atoms with Crippen LogP contribution in [0.3, 0.4) is 0 Å². The molecule has 0 aromatic heterocycles. The SMILES string of the molecule is CCCOc1c(Cl)cc(/C=C/C(=O)Nc2ccccc2N2CCOCC2)cc1OC. The van der Waals surface area contributed by atoms with Crippen molar-refractivity contribution < 1.29 is 19.0 Å². The molecule has 1 amide bonds. The fraction of sp³-hybridized carbons (Fsp3) is 0.348. The smallest absolute Gasteiger partial charge is 0.248 e. The Hall–Kier alpha value is -2.70. The molecule has 1 N–H and O–H groups in total. The van der Waals surface area contributed by atoms with Gasteiger partial charge in [0.05, 0.1) is 43.3 Å². The molecule has 0 unspecified atom stereocenters. The molecule has 1 heterocycles. The van der Waals surface area contributed by atoms with Crippen molar-refractivity contribution in [3.05, 3.63) is 53.1 Å². The van der Waals surface area contributed by atoms with Crippen molar-refractivity contribution in [2.24, 2.45) is 0 Å². The van der Waals surface area contributed by atoms with Gasteiger partial charge in [0, 0.05) is 19.2 Å². The quantitative estimate of drug-likeness (QED) is 0.619. The van der Waals surface area contributed by atoms with Gasteiger partial charge in [0.15, 0.2) is 11.5 Å². The topological polar surface area (TPSA) is 60.0 Å². The van der Waals surface area contributed by atoms with Crippen LogP contribution in [0, 0.1) is 0 Å². The number of ether oxygens (including phenoxy) is 3. The number of benzene rings is 2. The summed E-state index contributed by atoms with van der Waals surface area (Å²) in [5.74, 6) is 0.827. The minimum absolute atomic E-state index is 0.225. The molecule has 3 rings (SSSR count). The highest BCUT2D eigenvalue weighted by atomic mass is 35.5. The van der Waals surface area contributed by atoms with Crippen molar-refractivity contribution in [2.45, 2.75) is 13.3 Å². The molecule has 0 radical (unpaired) electrons. The van der Waals surface area contributed by atoms with Crippen LogP contribution in [-0.4, -0.2) is 45.9 Å². The third-order valence-corrected chi connectivity index (χ3v) is 4.92. The number of hydrogen-bond donors (Lipinski definition) is 1. The molecule has 6 nitrogen and oxygen atoms in total. The van der Waals surface area contributed by atoms with Crippen LogP contribution in [0.2, 0.25) is 5.02 Å². The van der Waals surface area contributed by atoms with Gasteiger partial charge in [-0.15, -0.1) is 0 Å². The Labute approximate surface area is 182 Å². The van der Waals surface area contributed by atoms with Crippen LogP contribution >= 0.6 is 11.6 Å². The molecule has 7 heteroatoms. The summed E-state index contributed by atoms with van der Waals surface area (Å²) in [6.45, 7) is 5.54. The van der Waals surface area contributed by atoms with Gasteiger partial charge in [0.2, 0.25) is 5.91 Å². The van der Waals surface area contributed by atoms with Gasteiger partial charge < -0.3 is 24.4 Å². The lowest BCUT2D eigenvalue weighted by molar-refractivity contribution is -0.111. The van der Waals surface area contributed by atoms with Gasteiger partial charge in [-0.25, -0.2) is 0 Å². The highest BCUT2D eigenvalue weighted by Gasteiger charge is 2.15. The normalized spacial score (nSPS) is 14.0. The Kier molecular flexibility index (Phi) is 7.99. The van der Waals surface area contributed by atoms with E-state index < -0.39 is 0 Å². The van der Waals surface area contributed by atoms with Crippen LogP contribution in [0.25, 0.3) is 6.08 Å². The predicted molar refractivity (Wildman–Crippen MR) is 121 cm³/mol. The second kappa shape index (κ2) is 10.9. The van der Waals surface area contributed by atoms with E-state index in [1.807, 2.05) is 31.2 Å². The second-order valence-electron chi connectivity index (χ2n) is 6.82. The third-order valence-electron chi connectivity index (χ3n) is 4.64. The number of halogens is 1. The van der Waals surface area contributed by atoms with E-state index in [2.05, 4.69) is 10.2 Å². The molecule has 1 saturated heterocycles. The number of anilines is 2. The molecule has 1 aliphatic rings. The lowest BCUT2D eigenvalue weighted by Crippen LogP contribution is -2.36. The molecule has 0 aliphatic carbocycles. The first-order valence-corrected chi connectivity index (χ1v) is 10.4. The fourth-order valence-corrected chi connectivity index (χ4v) is 3.46. The summed E-state index contributed by atoms with van der Waals surface area (Å²) in [7, 11) is 1.56. The van der Waals surface area contributed by atoms with Crippen molar-refractivity contribution >= 4 is 35.0 Å². The Balaban J connectivity index is 1.72. The van der Waals surface area contributed by atoms with Crippen LogP contribution < -0.4 is 19.7 Å². The highest BCUT2D eigenvalue weighted by molar-refractivity contribution is 6.32. The van der Waals surface area contributed by atoms with Crippen LogP contribution in [0.1, 0.15) is 18.9 Å². The maximum Gasteiger partial charge on any atom is 0.248 e. The molecular weight excluding hydrogens is 404 g/mol. The van der Waals surface area contributed by atoms with E-state index in [-0.39, 0.29) is 5.91 Å². The number of nitrogens with zero attached hydrogens (tertiary/aromatic N) is 1. The molecule has 160 valence electrons. The minimum atomic E-state index is -0.225. The summed E-state index contributed by atoms with van der Waals surface area (Å²) in [5, 5.41) is 3.41. The average molecular weight is 431 g/mol.